The van der Waals surface area contributed by atoms with Gasteiger partial charge in [-0.05, 0) is 13.8 Å². The molecule has 0 spiro atoms. The fourth-order valence-electron chi connectivity index (χ4n) is 1.39. The number of aryl methyl sites for hydroxylation is 1. The first-order valence-electron chi connectivity index (χ1n) is 4.62. The van der Waals surface area contributed by atoms with Crippen molar-refractivity contribution in [2.45, 2.75) is 32.2 Å². The maximum atomic E-state index is 13.5. The van der Waals surface area contributed by atoms with Crippen molar-refractivity contribution in [3.63, 3.8) is 0 Å². The van der Waals surface area contributed by atoms with Gasteiger partial charge in [0.1, 0.15) is 0 Å². The van der Waals surface area contributed by atoms with Crippen LogP contribution >= 0.6 is 0 Å². The summed E-state index contributed by atoms with van der Waals surface area (Å²) < 4.78 is 27.0. The first kappa shape index (κ1) is 11.1. The largest absolute Gasteiger partial charge is 0.328 e. The summed E-state index contributed by atoms with van der Waals surface area (Å²) in [6.07, 6.45) is -0.309. The summed E-state index contributed by atoms with van der Waals surface area (Å²) in [6, 6.07) is 5.88. The third kappa shape index (κ3) is 2.77. The van der Waals surface area contributed by atoms with Gasteiger partial charge in [-0.15, -0.1) is 0 Å². The molecule has 0 heterocycles. The van der Waals surface area contributed by atoms with Crippen LogP contribution in [0.2, 0.25) is 0 Å². The first-order valence-corrected chi connectivity index (χ1v) is 4.62. The lowest BCUT2D eigenvalue weighted by Gasteiger charge is -2.19. The van der Waals surface area contributed by atoms with Gasteiger partial charge in [0.05, 0.1) is 0 Å². The Balaban J connectivity index is 2.91. The Kier molecular flexibility index (Phi) is 3.21. The zero-order valence-corrected chi connectivity index (χ0v) is 8.43. The Morgan fingerprint density at radius 1 is 1.43 bits per heavy atom. The fraction of sp³-hybridized carbons (Fsp3) is 0.455. The monoisotopic (exact) mass is 199 g/mol. The van der Waals surface area contributed by atoms with Gasteiger partial charge in [-0.3, -0.25) is 0 Å². The van der Waals surface area contributed by atoms with Crippen LogP contribution in [0.25, 0.3) is 0 Å². The third-order valence-electron chi connectivity index (χ3n) is 2.02. The van der Waals surface area contributed by atoms with E-state index in [0.29, 0.717) is 0 Å². The highest BCUT2D eigenvalue weighted by Crippen LogP contribution is 2.32. The van der Waals surface area contributed by atoms with E-state index in [1.54, 1.807) is 26.0 Å². The molecule has 1 aromatic carbocycles. The van der Waals surface area contributed by atoms with Gasteiger partial charge < -0.3 is 5.73 Å². The van der Waals surface area contributed by atoms with Gasteiger partial charge in [-0.1, -0.05) is 29.8 Å². The van der Waals surface area contributed by atoms with E-state index in [2.05, 4.69) is 0 Å². The number of rotatable bonds is 3. The second-order valence-electron chi connectivity index (χ2n) is 3.76. The van der Waals surface area contributed by atoms with Crippen molar-refractivity contribution in [1.82, 2.24) is 0 Å². The molecule has 78 valence electrons. The smallest absolute Gasteiger partial charge is 0.274 e. The van der Waals surface area contributed by atoms with Crippen LogP contribution in [0.3, 0.4) is 0 Å². The van der Waals surface area contributed by atoms with Crippen molar-refractivity contribution in [3.8, 4) is 0 Å². The van der Waals surface area contributed by atoms with E-state index in [1.165, 1.54) is 12.1 Å². The Labute approximate surface area is 82.9 Å². The Hall–Kier alpha value is -0.960. The van der Waals surface area contributed by atoms with Crippen molar-refractivity contribution in [3.05, 3.63) is 35.4 Å². The lowest BCUT2D eigenvalue weighted by molar-refractivity contribution is -0.0181. The van der Waals surface area contributed by atoms with E-state index in [1.807, 2.05) is 0 Å². The van der Waals surface area contributed by atoms with Crippen molar-refractivity contribution >= 4 is 0 Å². The molecule has 2 N–H and O–H groups in total. The molecule has 0 aromatic heterocycles. The van der Waals surface area contributed by atoms with Gasteiger partial charge in [0, 0.05) is 18.0 Å². The van der Waals surface area contributed by atoms with Crippen LogP contribution in [0.1, 0.15) is 24.5 Å². The van der Waals surface area contributed by atoms with E-state index in [-0.39, 0.29) is 12.0 Å². The number of halogens is 2. The number of hydrogen-bond donors (Lipinski definition) is 1. The van der Waals surface area contributed by atoms with Crippen LogP contribution in [-0.2, 0) is 5.92 Å². The highest BCUT2D eigenvalue weighted by molar-refractivity contribution is 5.26. The minimum absolute atomic E-state index is 0.0507. The molecule has 0 radical (unpaired) electrons. The van der Waals surface area contributed by atoms with Crippen LogP contribution in [0, 0.1) is 6.92 Å². The average Bonchev–Trinajstić information content (AvgIpc) is 2.01. The molecule has 0 saturated heterocycles. The molecular weight excluding hydrogens is 184 g/mol. The molecule has 0 saturated carbocycles. The first-order chi connectivity index (χ1) is 6.42. The second kappa shape index (κ2) is 4.05. The lowest BCUT2D eigenvalue weighted by Crippen LogP contribution is -2.26. The molecule has 3 heteroatoms. The van der Waals surface area contributed by atoms with E-state index in [0.717, 1.165) is 5.56 Å². The number of alkyl halides is 2. The zero-order chi connectivity index (χ0) is 10.8. The van der Waals surface area contributed by atoms with Gasteiger partial charge >= 0.3 is 0 Å². The molecule has 0 aliphatic heterocycles. The molecule has 1 rings (SSSR count). The van der Waals surface area contributed by atoms with Gasteiger partial charge in [-0.2, -0.15) is 0 Å². The summed E-state index contributed by atoms with van der Waals surface area (Å²) in [7, 11) is 0. The van der Waals surface area contributed by atoms with Crippen molar-refractivity contribution in [2.75, 3.05) is 0 Å². The van der Waals surface area contributed by atoms with Gasteiger partial charge in [0.15, 0.2) is 0 Å². The molecule has 1 aromatic rings. The van der Waals surface area contributed by atoms with Crippen LogP contribution in [0.15, 0.2) is 24.3 Å². The molecule has 1 atom stereocenters. The van der Waals surface area contributed by atoms with Crippen molar-refractivity contribution in [2.24, 2.45) is 5.73 Å². The van der Waals surface area contributed by atoms with Crippen LogP contribution in [-0.4, -0.2) is 6.04 Å². The molecule has 1 unspecified atom stereocenters. The van der Waals surface area contributed by atoms with Crippen molar-refractivity contribution in [1.29, 1.82) is 0 Å². The summed E-state index contributed by atoms with van der Waals surface area (Å²) in [5, 5.41) is 0. The maximum Gasteiger partial charge on any atom is 0.274 e. The van der Waals surface area contributed by atoms with Crippen LogP contribution in [0.5, 0.6) is 0 Å². The summed E-state index contributed by atoms with van der Waals surface area (Å²) in [4.78, 5) is 0. The summed E-state index contributed by atoms with van der Waals surface area (Å²) >= 11 is 0. The Morgan fingerprint density at radius 3 is 2.57 bits per heavy atom. The quantitative estimate of drug-likeness (QED) is 0.795. The molecule has 14 heavy (non-hydrogen) atoms. The predicted molar refractivity (Wildman–Crippen MR) is 53.3 cm³/mol. The normalized spacial score (nSPS) is 14.1. The highest BCUT2D eigenvalue weighted by Gasteiger charge is 2.32. The van der Waals surface area contributed by atoms with E-state index >= 15 is 0 Å². The number of nitrogens with two attached hydrogens (primary N) is 1. The molecule has 0 fully saturated rings. The number of hydrogen-bond acceptors (Lipinski definition) is 1. The van der Waals surface area contributed by atoms with Gasteiger partial charge in [0.2, 0.25) is 0 Å². The van der Waals surface area contributed by atoms with Gasteiger partial charge in [0.25, 0.3) is 5.92 Å². The Bertz CT molecular complexity index is 308. The molecule has 0 bridgehead atoms. The molecular formula is C11H15F2N. The predicted octanol–water partition coefficient (Wildman–Crippen LogP) is 2.82. The van der Waals surface area contributed by atoms with Gasteiger partial charge in [-0.25, -0.2) is 8.78 Å². The third-order valence-corrected chi connectivity index (χ3v) is 2.02. The minimum atomic E-state index is -2.82. The summed E-state index contributed by atoms with van der Waals surface area (Å²) in [6.45, 7) is 3.38. The molecule has 1 nitrogen and oxygen atoms in total. The highest BCUT2D eigenvalue weighted by atomic mass is 19.3. The molecule has 0 aliphatic rings. The van der Waals surface area contributed by atoms with E-state index in [9.17, 15) is 8.78 Å². The molecule has 0 amide bonds. The average molecular weight is 199 g/mol. The molecule has 0 aliphatic carbocycles. The number of benzene rings is 1. The SMILES string of the molecule is Cc1cccc(C(F)(F)CC(C)N)c1. The fourth-order valence-corrected chi connectivity index (χ4v) is 1.39. The summed E-state index contributed by atoms with van der Waals surface area (Å²) in [5.41, 5.74) is 6.26. The zero-order valence-electron chi connectivity index (χ0n) is 8.43. The topological polar surface area (TPSA) is 26.0 Å². The van der Waals surface area contributed by atoms with Crippen LogP contribution in [0.4, 0.5) is 8.78 Å². The van der Waals surface area contributed by atoms with Crippen molar-refractivity contribution < 1.29 is 8.78 Å². The summed E-state index contributed by atoms with van der Waals surface area (Å²) in [5.74, 6) is -2.82. The Morgan fingerprint density at radius 2 is 2.07 bits per heavy atom. The minimum Gasteiger partial charge on any atom is -0.328 e. The maximum absolute atomic E-state index is 13.5. The second-order valence-corrected chi connectivity index (χ2v) is 3.76. The standard InChI is InChI=1S/C11H15F2N/c1-8-4-3-5-10(6-8)11(12,13)7-9(2)14/h3-6,9H,7,14H2,1-2H3. The van der Waals surface area contributed by atoms with Crippen LogP contribution < -0.4 is 5.73 Å². The van der Waals surface area contributed by atoms with E-state index < -0.39 is 12.0 Å². The van der Waals surface area contributed by atoms with E-state index in [4.69, 9.17) is 5.73 Å². The lowest BCUT2D eigenvalue weighted by atomic mass is 10.0.